The molecule has 3 aromatic rings. The van der Waals surface area contributed by atoms with Gasteiger partial charge in [-0.05, 0) is 55.5 Å². The maximum Gasteiger partial charge on any atom is 0.276 e. The minimum atomic E-state index is -0.262. The lowest BCUT2D eigenvalue weighted by atomic mass is 10.1. The molecule has 0 aliphatic carbocycles. The van der Waals surface area contributed by atoms with Crippen LogP contribution in [-0.4, -0.2) is 41.4 Å². The molecule has 8 heteroatoms. The lowest BCUT2D eigenvalue weighted by Gasteiger charge is -2.13. The molecule has 152 valence electrons. The van der Waals surface area contributed by atoms with Crippen LogP contribution in [0.3, 0.4) is 0 Å². The van der Waals surface area contributed by atoms with Crippen molar-refractivity contribution >= 4 is 23.4 Å². The van der Waals surface area contributed by atoms with E-state index in [9.17, 15) is 4.79 Å². The minimum absolute atomic E-state index is 0.262. The first kappa shape index (κ1) is 20.7. The molecule has 0 spiro atoms. The highest BCUT2D eigenvalue weighted by Gasteiger charge is 2.23. The third-order valence-corrected chi connectivity index (χ3v) is 5.21. The molecule has 2 aromatic carbocycles. The number of nitrogens with one attached hydrogen (secondary N) is 1. The van der Waals surface area contributed by atoms with E-state index in [4.69, 9.17) is 9.47 Å². The monoisotopic (exact) mass is 412 g/mol. The summed E-state index contributed by atoms with van der Waals surface area (Å²) >= 11 is 1.56. The molecule has 0 saturated heterocycles. The Labute approximate surface area is 174 Å². The van der Waals surface area contributed by atoms with Gasteiger partial charge in [-0.1, -0.05) is 17.3 Å². The highest BCUT2D eigenvalue weighted by molar-refractivity contribution is 7.97. The Morgan fingerprint density at radius 2 is 1.90 bits per heavy atom. The number of amides is 1. The molecular weight excluding hydrogens is 388 g/mol. The molecule has 7 nitrogen and oxygen atoms in total. The molecule has 0 atom stereocenters. The van der Waals surface area contributed by atoms with Crippen molar-refractivity contribution in [2.75, 3.05) is 25.8 Å². The predicted octanol–water partition coefficient (Wildman–Crippen LogP) is 4.15. The summed E-state index contributed by atoms with van der Waals surface area (Å²) in [6.45, 7) is 4.00. The van der Waals surface area contributed by atoms with E-state index in [2.05, 4.69) is 15.6 Å². The van der Waals surface area contributed by atoms with Crippen molar-refractivity contribution in [3.63, 3.8) is 0 Å². The van der Waals surface area contributed by atoms with Crippen LogP contribution in [0.2, 0.25) is 0 Å². The van der Waals surface area contributed by atoms with Crippen molar-refractivity contribution in [2.24, 2.45) is 0 Å². The van der Waals surface area contributed by atoms with E-state index in [1.807, 2.05) is 44.4 Å². The summed E-state index contributed by atoms with van der Waals surface area (Å²) in [6, 6.07) is 11.2. The first-order valence-electron chi connectivity index (χ1n) is 9.02. The van der Waals surface area contributed by atoms with E-state index in [0.29, 0.717) is 28.8 Å². The predicted molar refractivity (Wildman–Crippen MR) is 116 cm³/mol. The Hall–Kier alpha value is -3.00. The van der Waals surface area contributed by atoms with Gasteiger partial charge in [-0.25, -0.2) is 4.68 Å². The van der Waals surface area contributed by atoms with Gasteiger partial charge in [-0.2, -0.15) is 0 Å². The molecule has 0 unspecified atom stereocenters. The molecule has 0 bridgehead atoms. The van der Waals surface area contributed by atoms with Crippen LogP contribution in [0.1, 0.15) is 21.6 Å². The molecule has 1 heterocycles. The number of rotatable bonds is 7. The number of benzene rings is 2. The largest absolute Gasteiger partial charge is 0.493 e. The Bertz CT molecular complexity index is 1030. The number of thioether (sulfide) groups is 1. The number of hydrogen-bond donors (Lipinski definition) is 1. The third-order valence-electron chi connectivity index (χ3n) is 4.71. The van der Waals surface area contributed by atoms with Crippen molar-refractivity contribution in [3.8, 4) is 22.8 Å². The summed E-state index contributed by atoms with van der Waals surface area (Å²) in [4.78, 5) is 13.2. The van der Waals surface area contributed by atoms with Gasteiger partial charge < -0.3 is 14.8 Å². The first-order chi connectivity index (χ1) is 14.0. The van der Waals surface area contributed by atoms with Crippen LogP contribution in [0.5, 0.6) is 11.5 Å². The van der Waals surface area contributed by atoms with Gasteiger partial charge in [-0.15, -0.1) is 16.9 Å². The Kier molecular flexibility index (Phi) is 6.43. The van der Waals surface area contributed by atoms with E-state index in [1.54, 1.807) is 42.8 Å². The van der Waals surface area contributed by atoms with E-state index >= 15 is 0 Å². The summed E-state index contributed by atoms with van der Waals surface area (Å²) in [7, 11) is 3.15. The number of anilines is 1. The van der Waals surface area contributed by atoms with Crippen LogP contribution >= 0.6 is 11.8 Å². The molecule has 0 fully saturated rings. The van der Waals surface area contributed by atoms with Gasteiger partial charge in [0, 0.05) is 11.3 Å². The lowest BCUT2D eigenvalue weighted by Crippen LogP contribution is -2.19. The van der Waals surface area contributed by atoms with Gasteiger partial charge >= 0.3 is 0 Å². The fourth-order valence-electron chi connectivity index (χ4n) is 3.00. The van der Waals surface area contributed by atoms with Crippen molar-refractivity contribution in [1.82, 2.24) is 15.0 Å². The maximum atomic E-state index is 13.2. The van der Waals surface area contributed by atoms with E-state index in [0.717, 1.165) is 22.4 Å². The zero-order chi connectivity index (χ0) is 21.0. The smallest absolute Gasteiger partial charge is 0.276 e. The van der Waals surface area contributed by atoms with Crippen LogP contribution in [0.25, 0.3) is 11.3 Å². The second-order valence-corrected chi connectivity index (χ2v) is 7.31. The Balaban J connectivity index is 2.05. The average molecular weight is 413 g/mol. The summed E-state index contributed by atoms with van der Waals surface area (Å²) in [5.41, 5.74) is 4.51. The summed E-state index contributed by atoms with van der Waals surface area (Å²) in [6.07, 6.45) is 1.95. The number of methoxy groups -OCH3 is 2. The van der Waals surface area contributed by atoms with Crippen LogP contribution in [0, 0.1) is 13.8 Å². The Morgan fingerprint density at radius 1 is 1.14 bits per heavy atom. The third kappa shape index (κ3) is 4.22. The van der Waals surface area contributed by atoms with Gasteiger partial charge in [0.15, 0.2) is 17.2 Å². The van der Waals surface area contributed by atoms with E-state index in [1.165, 1.54) is 0 Å². The van der Waals surface area contributed by atoms with Crippen molar-refractivity contribution in [1.29, 1.82) is 0 Å². The molecule has 1 N–H and O–H groups in total. The Morgan fingerprint density at radius 3 is 2.59 bits per heavy atom. The summed E-state index contributed by atoms with van der Waals surface area (Å²) in [5.74, 6) is 1.41. The second kappa shape index (κ2) is 9.00. The zero-order valence-corrected chi connectivity index (χ0v) is 18.0. The van der Waals surface area contributed by atoms with Gasteiger partial charge in [0.1, 0.15) is 5.69 Å². The van der Waals surface area contributed by atoms with Gasteiger partial charge in [0.25, 0.3) is 5.91 Å². The molecule has 0 radical (unpaired) electrons. The molecular formula is C21H24N4O3S. The van der Waals surface area contributed by atoms with Crippen LogP contribution in [0.4, 0.5) is 5.69 Å². The summed E-state index contributed by atoms with van der Waals surface area (Å²) in [5, 5.41) is 11.5. The fourth-order valence-corrected chi connectivity index (χ4v) is 3.42. The van der Waals surface area contributed by atoms with Crippen LogP contribution < -0.4 is 14.8 Å². The normalized spacial score (nSPS) is 10.7. The molecule has 0 aliphatic rings. The summed E-state index contributed by atoms with van der Waals surface area (Å²) < 4.78 is 12.3. The quantitative estimate of drug-likeness (QED) is 0.628. The topological polar surface area (TPSA) is 78.3 Å². The second-order valence-electron chi connectivity index (χ2n) is 6.48. The highest BCUT2D eigenvalue weighted by Crippen LogP contribution is 2.33. The molecule has 1 amide bonds. The first-order valence-corrected chi connectivity index (χ1v) is 10.4. The van der Waals surface area contributed by atoms with Crippen LogP contribution in [0.15, 0.2) is 36.4 Å². The minimum Gasteiger partial charge on any atom is -0.493 e. The van der Waals surface area contributed by atoms with Gasteiger partial charge in [0.05, 0.1) is 20.1 Å². The van der Waals surface area contributed by atoms with E-state index < -0.39 is 0 Å². The molecule has 3 rings (SSSR count). The van der Waals surface area contributed by atoms with Crippen LogP contribution in [-0.2, 0) is 5.88 Å². The van der Waals surface area contributed by atoms with Gasteiger partial charge in [0.2, 0.25) is 0 Å². The number of ether oxygens (including phenoxy) is 2. The molecule has 29 heavy (non-hydrogen) atoms. The fraction of sp³-hybridized carbons (Fsp3) is 0.286. The zero-order valence-electron chi connectivity index (χ0n) is 17.1. The molecule has 1 aromatic heterocycles. The number of nitrogens with zero attached hydrogens (tertiary/aromatic N) is 3. The van der Waals surface area contributed by atoms with Crippen molar-refractivity contribution < 1.29 is 14.3 Å². The molecule has 0 saturated carbocycles. The highest BCUT2D eigenvalue weighted by atomic mass is 32.2. The van der Waals surface area contributed by atoms with Crippen molar-refractivity contribution in [3.05, 3.63) is 53.2 Å². The molecule has 0 aliphatic heterocycles. The number of aryl methyl sites for hydroxylation is 1. The number of carbonyl (C=O) groups excluding carboxylic acids is 1. The van der Waals surface area contributed by atoms with Gasteiger partial charge in [-0.3, -0.25) is 4.79 Å². The average Bonchev–Trinajstić information content (AvgIpc) is 3.15. The lowest BCUT2D eigenvalue weighted by molar-refractivity contribution is 0.101. The maximum absolute atomic E-state index is 13.2. The van der Waals surface area contributed by atoms with E-state index in [-0.39, 0.29) is 5.91 Å². The van der Waals surface area contributed by atoms with Crippen molar-refractivity contribution in [2.45, 2.75) is 19.7 Å². The SMILES string of the molecule is COc1ccc(-c2nnn(CSC)c2C(=O)Nc2cccc(C)c2C)cc1OC. The number of aromatic nitrogens is 3. The standard InChI is InChI=1S/C21H24N4O3S/c1-13-7-6-8-16(14(13)2)22-21(26)20-19(23-24-25(20)12-29-5)15-9-10-17(27-3)18(11-15)28-4/h6-11H,12H2,1-5H3,(H,22,26). The number of hydrogen-bond acceptors (Lipinski definition) is 6. The number of carbonyl (C=O) groups is 1.